The lowest BCUT2D eigenvalue weighted by atomic mass is 9.93. The summed E-state index contributed by atoms with van der Waals surface area (Å²) in [6, 6.07) is 8.40. The van der Waals surface area contributed by atoms with Gasteiger partial charge in [0, 0.05) is 30.6 Å². The zero-order valence-electron chi connectivity index (χ0n) is 23.7. The van der Waals surface area contributed by atoms with Crippen molar-refractivity contribution in [3.05, 3.63) is 106 Å². The quantitative estimate of drug-likeness (QED) is 0.196. The number of aryl methyl sites for hydroxylation is 2. The molecule has 1 aliphatic heterocycles. The van der Waals surface area contributed by atoms with E-state index in [1.54, 1.807) is 18.5 Å². The number of hydrogen-bond donors (Lipinski definition) is 2. The van der Waals surface area contributed by atoms with Crippen LogP contribution in [-0.2, 0) is 4.74 Å². The van der Waals surface area contributed by atoms with Gasteiger partial charge >= 0.3 is 0 Å². The van der Waals surface area contributed by atoms with Crippen LogP contribution in [0.25, 0.3) is 11.6 Å². The van der Waals surface area contributed by atoms with E-state index in [1.165, 1.54) is 11.1 Å². The van der Waals surface area contributed by atoms with Gasteiger partial charge in [0.05, 0.1) is 6.20 Å². The highest BCUT2D eigenvalue weighted by atomic mass is 16.5. The Balaban J connectivity index is 1.76. The molecule has 0 fully saturated rings. The zero-order chi connectivity index (χ0) is 27.7. The van der Waals surface area contributed by atoms with E-state index in [2.05, 4.69) is 75.0 Å². The molecule has 1 aliphatic rings. The predicted octanol–water partition coefficient (Wildman–Crippen LogP) is 6.86. The Labute approximate surface area is 227 Å². The molecule has 0 bridgehead atoms. The number of aromatic nitrogens is 1. The van der Waals surface area contributed by atoms with Gasteiger partial charge in [-0.3, -0.25) is 4.98 Å². The van der Waals surface area contributed by atoms with Crippen molar-refractivity contribution in [1.29, 1.82) is 0 Å². The fourth-order valence-electron chi connectivity index (χ4n) is 4.08. The van der Waals surface area contributed by atoms with E-state index in [9.17, 15) is 0 Å². The number of nitrogens with one attached hydrogen (secondary N) is 2. The molecule has 0 unspecified atom stereocenters. The fourth-order valence-corrected chi connectivity index (χ4v) is 4.08. The van der Waals surface area contributed by atoms with Gasteiger partial charge in [-0.15, -0.1) is 0 Å². The van der Waals surface area contributed by atoms with E-state index in [1.807, 2.05) is 32.3 Å². The number of nitrogens with zero attached hydrogens (tertiary/aromatic N) is 2. The Bertz CT molecular complexity index is 1320. The summed E-state index contributed by atoms with van der Waals surface area (Å²) in [6.07, 6.45) is 10.1. The lowest BCUT2D eigenvalue weighted by Crippen LogP contribution is -2.31. The molecule has 1 aromatic carbocycles. The van der Waals surface area contributed by atoms with E-state index in [4.69, 9.17) is 14.5 Å². The smallest absolute Gasteiger partial charge is 0.139 e. The third kappa shape index (κ3) is 7.25. The van der Waals surface area contributed by atoms with Crippen LogP contribution in [0.5, 0.6) is 5.75 Å². The highest BCUT2D eigenvalue weighted by Gasteiger charge is 2.22. The molecule has 6 nitrogen and oxygen atoms in total. The molecule has 1 aromatic heterocycles. The average Bonchev–Trinajstić information content (AvgIpc) is 3.33. The van der Waals surface area contributed by atoms with E-state index in [-0.39, 0.29) is 0 Å². The number of hydrogen-bond acceptors (Lipinski definition) is 6. The molecule has 200 valence electrons. The van der Waals surface area contributed by atoms with Crippen LogP contribution >= 0.6 is 0 Å². The van der Waals surface area contributed by atoms with Crippen LogP contribution in [0.15, 0.2) is 88.8 Å². The lowest BCUT2D eigenvalue weighted by Gasteiger charge is -2.18. The third-order valence-corrected chi connectivity index (χ3v) is 6.34. The maximum atomic E-state index is 5.96. The normalized spacial score (nSPS) is 13.9. The Hall–Kier alpha value is -4.06. The molecule has 0 amide bonds. The molecule has 0 aliphatic carbocycles. The maximum Gasteiger partial charge on any atom is 0.139 e. The van der Waals surface area contributed by atoms with Crippen LogP contribution in [-0.4, -0.2) is 31.1 Å². The Kier molecular flexibility index (Phi) is 10.1. The van der Waals surface area contributed by atoms with Crippen molar-refractivity contribution >= 4 is 17.5 Å². The van der Waals surface area contributed by atoms with Crippen molar-refractivity contribution in [1.82, 2.24) is 15.6 Å². The van der Waals surface area contributed by atoms with Crippen molar-refractivity contribution in [2.75, 3.05) is 20.3 Å². The number of pyridine rings is 1. The minimum Gasteiger partial charge on any atom is -0.490 e. The summed E-state index contributed by atoms with van der Waals surface area (Å²) >= 11 is 0. The molecule has 0 radical (unpaired) electrons. The first kappa shape index (κ1) is 28.5. The highest BCUT2D eigenvalue weighted by molar-refractivity contribution is 6.16. The van der Waals surface area contributed by atoms with Gasteiger partial charge in [0.1, 0.15) is 36.4 Å². The van der Waals surface area contributed by atoms with Crippen LogP contribution in [0.3, 0.4) is 0 Å². The highest BCUT2D eigenvalue weighted by Crippen LogP contribution is 2.32. The molecule has 2 N–H and O–H groups in total. The first-order valence-corrected chi connectivity index (χ1v) is 13.0. The summed E-state index contributed by atoms with van der Waals surface area (Å²) in [6.45, 7) is 17.3. The number of amidine groups is 1. The van der Waals surface area contributed by atoms with Crippen LogP contribution in [0.2, 0.25) is 0 Å². The second-order valence-electron chi connectivity index (χ2n) is 9.50. The molecule has 0 atom stereocenters. The van der Waals surface area contributed by atoms with Crippen LogP contribution in [0.4, 0.5) is 0 Å². The minimum atomic E-state index is 0.402. The number of ether oxygens (including phenoxy) is 2. The van der Waals surface area contributed by atoms with E-state index >= 15 is 0 Å². The van der Waals surface area contributed by atoms with Crippen LogP contribution in [0, 0.1) is 13.8 Å². The summed E-state index contributed by atoms with van der Waals surface area (Å²) in [4.78, 5) is 8.90. The van der Waals surface area contributed by atoms with Crippen LogP contribution < -0.4 is 15.4 Å². The Morgan fingerprint density at radius 2 is 1.87 bits per heavy atom. The van der Waals surface area contributed by atoms with Gasteiger partial charge in [-0.05, 0) is 93.2 Å². The van der Waals surface area contributed by atoms with Crippen LogP contribution in [0.1, 0.15) is 56.4 Å². The molecule has 0 spiro atoms. The monoisotopic (exact) mass is 512 g/mol. The molecule has 2 aromatic rings. The summed E-state index contributed by atoms with van der Waals surface area (Å²) in [5, 5.41) is 6.78. The SMILES string of the molecule is C=C/C(=C\c1cc(C2=CN=C(N/C(NC)=C(\C)CC)C2=C(C)C)ccc1C)OCCOc1cncc(C)c1. The van der Waals surface area contributed by atoms with Crippen molar-refractivity contribution < 1.29 is 9.47 Å². The Morgan fingerprint density at radius 1 is 1.08 bits per heavy atom. The van der Waals surface area contributed by atoms with Gasteiger partial charge in [-0.25, -0.2) is 4.99 Å². The van der Waals surface area contributed by atoms with E-state index in [0.717, 1.165) is 57.2 Å². The minimum absolute atomic E-state index is 0.402. The maximum absolute atomic E-state index is 5.96. The molecule has 0 saturated heterocycles. The summed E-state index contributed by atoms with van der Waals surface area (Å²) in [5.41, 5.74) is 9.01. The van der Waals surface area contributed by atoms with Gasteiger partial charge < -0.3 is 20.1 Å². The van der Waals surface area contributed by atoms with Crippen molar-refractivity contribution in [2.45, 2.75) is 48.0 Å². The summed E-state index contributed by atoms with van der Waals surface area (Å²) < 4.78 is 11.7. The van der Waals surface area contributed by atoms with Crippen molar-refractivity contribution in [3.8, 4) is 5.75 Å². The van der Waals surface area contributed by atoms with Crippen molar-refractivity contribution in [2.24, 2.45) is 4.99 Å². The van der Waals surface area contributed by atoms with Gasteiger partial charge in [0.2, 0.25) is 0 Å². The first-order chi connectivity index (χ1) is 18.3. The first-order valence-electron chi connectivity index (χ1n) is 13.0. The number of allylic oxidation sites excluding steroid dienone is 3. The topological polar surface area (TPSA) is 67.8 Å². The fraction of sp³-hybridized carbons (Fsp3) is 0.312. The molecular formula is C32H40N4O2. The zero-order valence-corrected chi connectivity index (χ0v) is 23.7. The van der Waals surface area contributed by atoms with Gasteiger partial charge in [-0.2, -0.15) is 0 Å². The average molecular weight is 513 g/mol. The largest absolute Gasteiger partial charge is 0.490 e. The molecule has 2 heterocycles. The lowest BCUT2D eigenvalue weighted by molar-refractivity contribution is 0.165. The van der Waals surface area contributed by atoms with E-state index in [0.29, 0.717) is 19.0 Å². The summed E-state index contributed by atoms with van der Waals surface area (Å²) in [5.74, 6) is 3.27. The predicted molar refractivity (Wildman–Crippen MR) is 159 cm³/mol. The number of benzene rings is 1. The van der Waals surface area contributed by atoms with Crippen molar-refractivity contribution in [3.63, 3.8) is 0 Å². The standard InChI is InChI=1S/C32H40N4O2/c1-9-23(6)31(33-8)36-32-30(21(3)4)29(20-35-32)25-12-11-24(7)26(16-25)17-27(10-2)37-13-14-38-28-15-22(5)18-34-19-28/h10-12,15-20,33H,2,9,13-14H2,1,3-8H3,(H,35,36)/b27-17+,31-23+. The molecule has 6 heteroatoms. The molecule has 38 heavy (non-hydrogen) atoms. The Morgan fingerprint density at radius 3 is 2.53 bits per heavy atom. The van der Waals surface area contributed by atoms with Gasteiger partial charge in [0.15, 0.2) is 0 Å². The van der Waals surface area contributed by atoms with E-state index < -0.39 is 0 Å². The van der Waals surface area contributed by atoms with Gasteiger partial charge in [0.25, 0.3) is 0 Å². The molecule has 0 saturated carbocycles. The second kappa shape index (κ2) is 13.5. The molecule has 3 rings (SSSR count). The third-order valence-electron chi connectivity index (χ3n) is 6.34. The number of rotatable bonds is 11. The number of aliphatic imine (C=N–C) groups is 1. The van der Waals surface area contributed by atoms with Gasteiger partial charge in [-0.1, -0.05) is 31.2 Å². The second-order valence-corrected chi connectivity index (χ2v) is 9.50. The summed E-state index contributed by atoms with van der Waals surface area (Å²) in [7, 11) is 1.93. The molecular weight excluding hydrogens is 472 g/mol.